The van der Waals surface area contributed by atoms with Crippen LogP contribution < -0.4 is 0 Å². The molecule has 1 unspecified atom stereocenters. The second-order valence-corrected chi connectivity index (χ2v) is 7.16. The molecule has 1 fully saturated rings. The normalized spacial score (nSPS) is 23.9. The molecule has 0 aromatic rings. The lowest BCUT2D eigenvalue weighted by Crippen LogP contribution is -2.48. The van der Waals surface area contributed by atoms with Gasteiger partial charge in [0.1, 0.15) is 15.9 Å². The first-order valence-corrected chi connectivity index (χ1v) is 7.42. The summed E-state index contributed by atoms with van der Waals surface area (Å²) in [5.41, 5.74) is 0. The number of alkyl halides is 4. The molecule has 1 saturated heterocycles. The van der Waals surface area contributed by atoms with Gasteiger partial charge in [0.05, 0.1) is 11.5 Å². The average Bonchev–Trinajstić information content (AvgIpc) is 2.19. The van der Waals surface area contributed by atoms with Gasteiger partial charge in [0, 0.05) is 6.92 Å². The zero-order valence-electron chi connectivity index (χ0n) is 9.87. The second kappa shape index (κ2) is 4.96. The van der Waals surface area contributed by atoms with E-state index in [1.807, 2.05) is 0 Å². The molecule has 1 N–H and O–H groups in total. The van der Waals surface area contributed by atoms with Crippen molar-refractivity contribution in [1.82, 2.24) is 0 Å². The van der Waals surface area contributed by atoms with Crippen LogP contribution >= 0.6 is 0 Å². The minimum atomic E-state index is -4.50. The Morgan fingerprint density at radius 3 is 2.06 bits per heavy atom. The van der Waals surface area contributed by atoms with Gasteiger partial charge in [-0.3, -0.25) is 0 Å². The van der Waals surface area contributed by atoms with Gasteiger partial charge in [-0.1, -0.05) is 0 Å². The molecule has 0 spiro atoms. The molecule has 1 atom stereocenters. The average molecular weight is 292 g/mol. The highest BCUT2D eigenvalue weighted by Gasteiger charge is 2.57. The van der Waals surface area contributed by atoms with Gasteiger partial charge < -0.3 is 5.11 Å². The molecule has 0 saturated carbocycles. The van der Waals surface area contributed by atoms with Crippen LogP contribution in [0, 0.1) is 5.92 Å². The van der Waals surface area contributed by atoms with Crippen molar-refractivity contribution in [2.24, 2.45) is 5.92 Å². The molecule has 0 aromatic carbocycles. The molecule has 1 heterocycles. The molecule has 0 bridgehead atoms. The quantitative estimate of drug-likeness (QED) is 0.805. The summed E-state index contributed by atoms with van der Waals surface area (Å²) in [6.07, 6.45) is -2.70. The van der Waals surface area contributed by atoms with Gasteiger partial charge in [-0.15, -0.1) is 0 Å². The van der Waals surface area contributed by atoms with Gasteiger partial charge in [0.25, 0.3) is 0 Å². The molecule has 1 aliphatic heterocycles. The summed E-state index contributed by atoms with van der Waals surface area (Å²) in [4.78, 5) is 0. The van der Waals surface area contributed by atoms with E-state index >= 15 is 0 Å². The molecule has 1 rings (SSSR count). The van der Waals surface area contributed by atoms with Crippen LogP contribution in [-0.2, 0) is 9.84 Å². The number of halogens is 4. The first-order chi connectivity index (χ1) is 7.96. The third-order valence-electron chi connectivity index (χ3n) is 3.23. The van der Waals surface area contributed by atoms with Crippen LogP contribution in [0.4, 0.5) is 17.6 Å². The Hall–Kier alpha value is -0.370. The molecule has 0 radical (unpaired) electrons. The second-order valence-electron chi connectivity index (χ2n) is 4.86. The fourth-order valence-corrected chi connectivity index (χ4v) is 3.52. The Balaban J connectivity index is 2.59. The zero-order valence-corrected chi connectivity index (χ0v) is 10.7. The summed E-state index contributed by atoms with van der Waals surface area (Å²) >= 11 is 0. The highest BCUT2D eigenvalue weighted by Crippen LogP contribution is 2.39. The third-order valence-corrected chi connectivity index (χ3v) is 4.95. The van der Waals surface area contributed by atoms with Crippen LogP contribution in [0.5, 0.6) is 0 Å². The lowest BCUT2D eigenvalue weighted by Gasteiger charge is -2.31. The maximum Gasteiger partial charge on any atom is 0.335 e. The topological polar surface area (TPSA) is 54.4 Å². The predicted molar refractivity (Wildman–Crippen MR) is 57.6 cm³/mol. The summed E-state index contributed by atoms with van der Waals surface area (Å²) in [5.74, 6) is -9.54. The Bertz CT molecular complexity index is 374. The molecular weight excluding hydrogens is 276 g/mol. The van der Waals surface area contributed by atoms with E-state index in [2.05, 4.69) is 0 Å². The number of rotatable bonds is 4. The van der Waals surface area contributed by atoms with Crippen molar-refractivity contribution in [3.63, 3.8) is 0 Å². The number of hydrogen-bond acceptors (Lipinski definition) is 3. The van der Waals surface area contributed by atoms with Crippen molar-refractivity contribution in [3.05, 3.63) is 0 Å². The van der Waals surface area contributed by atoms with Crippen molar-refractivity contribution in [2.45, 2.75) is 44.1 Å². The number of aliphatic hydroxyl groups excluding tert-OH is 1. The summed E-state index contributed by atoms with van der Waals surface area (Å²) < 4.78 is 73.7. The molecule has 108 valence electrons. The van der Waals surface area contributed by atoms with E-state index in [0.29, 0.717) is 0 Å². The Labute approximate surface area is 103 Å². The van der Waals surface area contributed by atoms with Crippen LogP contribution in [0.25, 0.3) is 0 Å². The first kappa shape index (κ1) is 15.7. The molecular formula is C10H16F4O3S. The molecule has 8 heteroatoms. The predicted octanol–water partition coefficient (Wildman–Crippen LogP) is 1.85. The van der Waals surface area contributed by atoms with Crippen molar-refractivity contribution in [1.29, 1.82) is 0 Å². The highest BCUT2D eigenvalue weighted by atomic mass is 32.2. The van der Waals surface area contributed by atoms with Crippen LogP contribution in [0.3, 0.4) is 0 Å². The standard InChI is InChI=1S/C10H16F4O3S/c1-9(11,12)10(13,14)8(15)6-7-2-4-18(16,17)5-3-7/h7-8,15H,2-6H2,1H3. The molecule has 3 nitrogen and oxygen atoms in total. The number of hydrogen-bond donors (Lipinski definition) is 1. The summed E-state index contributed by atoms with van der Waals surface area (Å²) in [7, 11) is -3.13. The van der Waals surface area contributed by atoms with Gasteiger partial charge in [0.15, 0.2) is 0 Å². The highest BCUT2D eigenvalue weighted by molar-refractivity contribution is 7.91. The van der Waals surface area contributed by atoms with Gasteiger partial charge in [-0.25, -0.2) is 17.2 Å². The van der Waals surface area contributed by atoms with E-state index in [1.165, 1.54) is 0 Å². The Morgan fingerprint density at radius 1 is 1.22 bits per heavy atom. The van der Waals surface area contributed by atoms with E-state index in [9.17, 15) is 31.1 Å². The zero-order chi connectivity index (χ0) is 14.2. The van der Waals surface area contributed by atoms with Crippen molar-refractivity contribution < 1.29 is 31.1 Å². The molecule has 18 heavy (non-hydrogen) atoms. The monoisotopic (exact) mass is 292 g/mol. The van der Waals surface area contributed by atoms with Crippen LogP contribution in [-0.4, -0.2) is 43.0 Å². The van der Waals surface area contributed by atoms with Gasteiger partial charge in [-0.05, 0) is 25.2 Å². The van der Waals surface area contributed by atoms with Crippen LogP contribution in [0.2, 0.25) is 0 Å². The molecule has 1 aliphatic rings. The number of sulfone groups is 1. The van der Waals surface area contributed by atoms with E-state index < -0.39 is 40.1 Å². The fourth-order valence-electron chi connectivity index (χ4n) is 1.93. The Kier molecular flexibility index (Phi) is 4.32. The van der Waals surface area contributed by atoms with Gasteiger partial charge >= 0.3 is 11.8 Å². The summed E-state index contributed by atoms with van der Waals surface area (Å²) in [6.45, 7) is 0.0571. The minimum absolute atomic E-state index is 0.0571. The van der Waals surface area contributed by atoms with E-state index in [-0.39, 0.29) is 31.3 Å². The van der Waals surface area contributed by atoms with Crippen LogP contribution in [0.1, 0.15) is 26.2 Å². The first-order valence-electron chi connectivity index (χ1n) is 5.60. The maximum absolute atomic E-state index is 13.1. The van der Waals surface area contributed by atoms with Gasteiger partial charge in [0.2, 0.25) is 0 Å². The fraction of sp³-hybridized carbons (Fsp3) is 1.00. The van der Waals surface area contributed by atoms with Crippen molar-refractivity contribution >= 4 is 9.84 Å². The van der Waals surface area contributed by atoms with E-state index in [0.717, 1.165) is 0 Å². The maximum atomic E-state index is 13.1. The number of aliphatic hydroxyl groups is 1. The Morgan fingerprint density at radius 2 is 1.67 bits per heavy atom. The van der Waals surface area contributed by atoms with E-state index in [1.54, 1.807) is 0 Å². The van der Waals surface area contributed by atoms with Crippen LogP contribution in [0.15, 0.2) is 0 Å². The van der Waals surface area contributed by atoms with Crippen molar-refractivity contribution in [3.8, 4) is 0 Å². The summed E-state index contributed by atoms with van der Waals surface area (Å²) in [6, 6.07) is 0. The third kappa shape index (κ3) is 3.57. The largest absolute Gasteiger partial charge is 0.387 e. The molecule has 0 aromatic heterocycles. The molecule has 0 aliphatic carbocycles. The molecule has 0 amide bonds. The SMILES string of the molecule is CC(F)(F)C(F)(F)C(O)CC1CCS(=O)(=O)CC1. The summed E-state index contributed by atoms with van der Waals surface area (Å²) in [5, 5.41) is 9.22. The van der Waals surface area contributed by atoms with Gasteiger partial charge in [-0.2, -0.15) is 8.78 Å². The smallest absolute Gasteiger partial charge is 0.335 e. The minimum Gasteiger partial charge on any atom is -0.387 e. The van der Waals surface area contributed by atoms with E-state index in [4.69, 9.17) is 0 Å². The van der Waals surface area contributed by atoms with Crippen molar-refractivity contribution in [2.75, 3.05) is 11.5 Å². The lowest BCUT2D eigenvalue weighted by molar-refractivity contribution is -0.247. The lowest BCUT2D eigenvalue weighted by atomic mass is 9.91.